The fourth-order valence-electron chi connectivity index (χ4n) is 1.80. The zero-order chi connectivity index (χ0) is 15.2. The van der Waals surface area contributed by atoms with Gasteiger partial charge in [-0.25, -0.2) is 0 Å². The van der Waals surface area contributed by atoms with Crippen LogP contribution in [-0.4, -0.2) is 46.8 Å². The normalized spacial score (nSPS) is 11.5. The number of hydrogen-bond acceptors (Lipinski definition) is 6. The molecule has 6 nitrogen and oxygen atoms in total. The minimum Gasteiger partial charge on any atom is -0.374 e. The summed E-state index contributed by atoms with van der Waals surface area (Å²) in [4.78, 5) is 14.7. The van der Waals surface area contributed by atoms with E-state index in [2.05, 4.69) is 20.3 Å². The number of ether oxygens (including phenoxy) is 1. The third kappa shape index (κ3) is 5.09. The molecular weight excluding hydrogens is 278 g/mol. The summed E-state index contributed by atoms with van der Waals surface area (Å²) in [6, 6.07) is 0. The predicted octanol–water partition coefficient (Wildman–Crippen LogP) is 2.60. The molecule has 7 heteroatoms. The van der Waals surface area contributed by atoms with Gasteiger partial charge in [0.15, 0.2) is 0 Å². The van der Waals surface area contributed by atoms with E-state index in [0.29, 0.717) is 25.0 Å². The van der Waals surface area contributed by atoms with Crippen LogP contribution in [0.15, 0.2) is 0 Å². The Kier molecular flexibility index (Phi) is 6.42. The SMILES string of the molecule is CCOC(C)(C)CNc1nc(Cl)nc(N(CC)CC)n1. The van der Waals surface area contributed by atoms with Crippen molar-refractivity contribution in [2.45, 2.75) is 40.2 Å². The number of nitrogens with one attached hydrogen (secondary N) is 1. The summed E-state index contributed by atoms with van der Waals surface area (Å²) in [5, 5.41) is 3.35. The molecule has 1 heterocycles. The van der Waals surface area contributed by atoms with Gasteiger partial charge in [0.25, 0.3) is 0 Å². The van der Waals surface area contributed by atoms with Crippen molar-refractivity contribution >= 4 is 23.5 Å². The lowest BCUT2D eigenvalue weighted by atomic mass is 10.1. The van der Waals surface area contributed by atoms with Crippen molar-refractivity contribution in [2.75, 3.05) is 36.5 Å². The molecule has 0 radical (unpaired) electrons. The smallest absolute Gasteiger partial charge is 0.231 e. The lowest BCUT2D eigenvalue weighted by molar-refractivity contribution is 0.000579. The molecule has 0 aliphatic rings. The van der Waals surface area contributed by atoms with Gasteiger partial charge < -0.3 is 15.0 Å². The van der Waals surface area contributed by atoms with Gasteiger partial charge in [0.1, 0.15) is 0 Å². The van der Waals surface area contributed by atoms with Crippen LogP contribution in [0, 0.1) is 0 Å². The van der Waals surface area contributed by atoms with E-state index in [1.807, 2.05) is 39.5 Å². The Morgan fingerprint density at radius 1 is 1.15 bits per heavy atom. The first kappa shape index (κ1) is 16.9. The van der Waals surface area contributed by atoms with Crippen LogP contribution in [0.25, 0.3) is 0 Å². The van der Waals surface area contributed by atoms with Crippen molar-refractivity contribution in [1.82, 2.24) is 15.0 Å². The van der Waals surface area contributed by atoms with Gasteiger partial charge in [-0.2, -0.15) is 15.0 Å². The van der Waals surface area contributed by atoms with Gasteiger partial charge in [0.05, 0.1) is 5.60 Å². The average molecular weight is 302 g/mol. The summed E-state index contributed by atoms with van der Waals surface area (Å²) in [6.07, 6.45) is 0. The number of aromatic nitrogens is 3. The highest BCUT2D eigenvalue weighted by Gasteiger charge is 2.18. The molecule has 0 unspecified atom stereocenters. The van der Waals surface area contributed by atoms with Gasteiger partial charge in [-0.3, -0.25) is 0 Å². The van der Waals surface area contributed by atoms with Gasteiger partial charge in [0.2, 0.25) is 17.2 Å². The molecule has 0 aliphatic heterocycles. The minimum absolute atomic E-state index is 0.193. The van der Waals surface area contributed by atoms with Gasteiger partial charge in [-0.05, 0) is 46.2 Å². The standard InChI is InChI=1S/C13H24ClN5O/c1-6-19(7-2)12-17-10(14)16-11(18-12)15-9-13(4,5)20-8-3/h6-9H2,1-5H3,(H,15,16,17,18). The molecule has 1 aromatic heterocycles. The molecule has 0 spiro atoms. The average Bonchev–Trinajstić information content (AvgIpc) is 2.37. The molecule has 0 saturated heterocycles. The van der Waals surface area contributed by atoms with Gasteiger partial charge in [-0.15, -0.1) is 0 Å². The van der Waals surface area contributed by atoms with Gasteiger partial charge >= 0.3 is 0 Å². The molecule has 0 fully saturated rings. The van der Waals surface area contributed by atoms with Crippen LogP contribution in [0.1, 0.15) is 34.6 Å². The fraction of sp³-hybridized carbons (Fsp3) is 0.769. The molecule has 1 aromatic rings. The van der Waals surface area contributed by atoms with E-state index in [4.69, 9.17) is 16.3 Å². The van der Waals surface area contributed by atoms with E-state index in [-0.39, 0.29) is 10.9 Å². The third-order valence-electron chi connectivity index (χ3n) is 2.85. The monoisotopic (exact) mass is 301 g/mol. The van der Waals surface area contributed by atoms with Crippen molar-refractivity contribution in [3.8, 4) is 0 Å². The van der Waals surface area contributed by atoms with Gasteiger partial charge in [-0.1, -0.05) is 0 Å². The zero-order valence-electron chi connectivity index (χ0n) is 12.9. The highest BCUT2D eigenvalue weighted by Crippen LogP contribution is 2.15. The van der Waals surface area contributed by atoms with Crippen LogP contribution in [-0.2, 0) is 4.74 Å². The van der Waals surface area contributed by atoms with Gasteiger partial charge in [0, 0.05) is 26.2 Å². The summed E-state index contributed by atoms with van der Waals surface area (Å²) in [5.41, 5.74) is -0.288. The van der Waals surface area contributed by atoms with E-state index in [1.165, 1.54) is 0 Å². The Labute approximate surface area is 125 Å². The number of halogens is 1. The van der Waals surface area contributed by atoms with E-state index in [1.54, 1.807) is 0 Å². The molecule has 1 N–H and O–H groups in total. The van der Waals surface area contributed by atoms with E-state index in [9.17, 15) is 0 Å². The molecule has 20 heavy (non-hydrogen) atoms. The first-order chi connectivity index (χ1) is 9.41. The lowest BCUT2D eigenvalue weighted by Gasteiger charge is -2.25. The molecule has 0 saturated carbocycles. The first-order valence-corrected chi connectivity index (χ1v) is 7.34. The zero-order valence-corrected chi connectivity index (χ0v) is 13.7. The Hall–Kier alpha value is -1.14. The Morgan fingerprint density at radius 2 is 1.80 bits per heavy atom. The minimum atomic E-state index is -0.288. The Morgan fingerprint density at radius 3 is 2.35 bits per heavy atom. The van der Waals surface area contributed by atoms with Crippen LogP contribution < -0.4 is 10.2 Å². The summed E-state index contributed by atoms with van der Waals surface area (Å²) >= 11 is 5.96. The van der Waals surface area contributed by atoms with Crippen LogP contribution in [0.5, 0.6) is 0 Å². The fourth-order valence-corrected chi connectivity index (χ4v) is 1.96. The highest BCUT2D eigenvalue weighted by molar-refractivity contribution is 6.28. The second-order valence-corrected chi connectivity index (χ2v) is 5.28. The molecule has 0 amide bonds. The van der Waals surface area contributed by atoms with Crippen LogP contribution in [0.4, 0.5) is 11.9 Å². The molecule has 114 valence electrons. The van der Waals surface area contributed by atoms with E-state index < -0.39 is 0 Å². The first-order valence-electron chi connectivity index (χ1n) is 6.96. The van der Waals surface area contributed by atoms with Crippen molar-refractivity contribution < 1.29 is 4.74 Å². The molecule has 0 bridgehead atoms. The summed E-state index contributed by atoms with van der Waals surface area (Å²) in [6.45, 7) is 13.0. The maximum Gasteiger partial charge on any atom is 0.231 e. The third-order valence-corrected chi connectivity index (χ3v) is 3.02. The predicted molar refractivity (Wildman–Crippen MR) is 82.6 cm³/mol. The number of anilines is 2. The lowest BCUT2D eigenvalue weighted by Crippen LogP contribution is -2.34. The summed E-state index contributed by atoms with van der Waals surface area (Å²) < 4.78 is 5.62. The molecular formula is C13H24ClN5O. The maximum atomic E-state index is 5.96. The number of hydrogen-bond donors (Lipinski definition) is 1. The summed E-state index contributed by atoms with van der Waals surface area (Å²) in [5.74, 6) is 1.06. The van der Waals surface area contributed by atoms with Crippen molar-refractivity contribution in [3.05, 3.63) is 5.28 Å². The number of nitrogens with zero attached hydrogens (tertiary/aromatic N) is 4. The Balaban J connectivity index is 2.80. The van der Waals surface area contributed by atoms with Crippen LogP contribution in [0.2, 0.25) is 5.28 Å². The molecule has 1 rings (SSSR count). The maximum absolute atomic E-state index is 5.96. The largest absolute Gasteiger partial charge is 0.374 e. The molecule has 0 aromatic carbocycles. The van der Waals surface area contributed by atoms with E-state index in [0.717, 1.165) is 13.1 Å². The number of rotatable bonds is 8. The van der Waals surface area contributed by atoms with Crippen LogP contribution in [0.3, 0.4) is 0 Å². The highest BCUT2D eigenvalue weighted by atomic mass is 35.5. The molecule has 0 aliphatic carbocycles. The summed E-state index contributed by atoms with van der Waals surface area (Å²) in [7, 11) is 0. The van der Waals surface area contributed by atoms with Crippen LogP contribution >= 0.6 is 11.6 Å². The molecule has 0 atom stereocenters. The second-order valence-electron chi connectivity index (χ2n) is 4.95. The second kappa shape index (κ2) is 7.59. The van der Waals surface area contributed by atoms with Crippen molar-refractivity contribution in [1.29, 1.82) is 0 Å². The van der Waals surface area contributed by atoms with Crippen molar-refractivity contribution in [3.63, 3.8) is 0 Å². The Bertz CT molecular complexity index is 423. The topological polar surface area (TPSA) is 63.2 Å². The van der Waals surface area contributed by atoms with Crippen molar-refractivity contribution in [2.24, 2.45) is 0 Å². The van der Waals surface area contributed by atoms with E-state index >= 15 is 0 Å². The quantitative estimate of drug-likeness (QED) is 0.796.